The second kappa shape index (κ2) is 8.37. The zero-order chi connectivity index (χ0) is 15.0. The van der Waals surface area contributed by atoms with Gasteiger partial charge in [0.2, 0.25) is 11.7 Å². The van der Waals surface area contributed by atoms with E-state index in [2.05, 4.69) is 36.2 Å². The van der Waals surface area contributed by atoms with Crippen LogP contribution in [-0.4, -0.2) is 29.8 Å². The van der Waals surface area contributed by atoms with E-state index in [0.29, 0.717) is 17.8 Å². The maximum Gasteiger partial charge on any atom is 0.228 e. The van der Waals surface area contributed by atoms with E-state index in [4.69, 9.17) is 9.26 Å². The smallest absolute Gasteiger partial charge is 0.228 e. The van der Waals surface area contributed by atoms with E-state index in [9.17, 15) is 0 Å². The van der Waals surface area contributed by atoms with Crippen molar-refractivity contribution in [3.63, 3.8) is 0 Å². The molecule has 1 rings (SSSR count). The summed E-state index contributed by atoms with van der Waals surface area (Å²) in [5.74, 6) is 1.34. The minimum absolute atomic E-state index is 0.406. The van der Waals surface area contributed by atoms with Crippen LogP contribution in [-0.2, 0) is 16.8 Å². The van der Waals surface area contributed by atoms with Crippen LogP contribution in [0.1, 0.15) is 65.1 Å². The molecule has 0 spiro atoms. The molecule has 1 heterocycles. The minimum atomic E-state index is -0.459. The first-order valence-electron chi connectivity index (χ1n) is 7.71. The molecule has 20 heavy (non-hydrogen) atoms. The molecule has 2 unspecified atom stereocenters. The number of methoxy groups -OCH3 is 1. The third-order valence-electron chi connectivity index (χ3n) is 3.81. The van der Waals surface area contributed by atoms with Crippen LogP contribution in [0.4, 0.5) is 0 Å². The number of aromatic nitrogens is 2. The summed E-state index contributed by atoms with van der Waals surface area (Å²) in [6.07, 6.45) is 4.99. The van der Waals surface area contributed by atoms with Gasteiger partial charge in [0.25, 0.3) is 0 Å². The monoisotopic (exact) mass is 283 g/mol. The molecule has 1 aromatic rings. The number of rotatable bonds is 10. The fourth-order valence-electron chi connectivity index (χ4n) is 2.13. The predicted molar refractivity (Wildman–Crippen MR) is 79.6 cm³/mol. The van der Waals surface area contributed by atoms with Crippen LogP contribution < -0.4 is 5.32 Å². The van der Waals surface area contributed by atoms with Crippen molar-refractivity contribution in [3.05, 3.63) is 11.7 Å². The normalized spacial score (nSPS) is 16.1. The molecule has 0 saturated carbocycles. The lowest BCUT2D eigenvalue weighted by atomic mass is 10.0. The second-order valence-corrected chi connectivity index (χ2v) is 5.44. The zero-order valence-electron chi connectivity index (χ0n) is 13.5. The van der Waals surface area contributed by atoms with Crippen LogP contribution in [0.5, 0.6) is 0 Å². The van der Waals surface area contributed by atoms with Gasteiger partial charge < -0.3 is 14.6 Å². The predicted octanol–water partition coefficient (Wildman–Crippen LogP) is 3.05. The summed E-state index contributed by atoms with van der Waals surface area (Å²) < 4.78 is 10.9. The molecule has 0 saturated heterocycles. The zero-order valence-corrected chi connectivity index (χ0v) is 13.5. The highest BCUT2D eigenvalue weighted by Crippen LogP contribution is 2.25. The van der Waals surface area contributed by atoms with Crippen LogP contribution in [0.15, 0.2) is 4.52 Å². The highest BCUT2D eigenvalue weighted by atomic mass is 16.5. The Labute approximate surface area is 122 Å². The quantitative estimate of drug-likeness (QED) is 0.715. The Kier molecular flexibility index (Phi) is 7.16. The van der Waals surface area contributed by atoms with E-state index >= 15 is 0 Å². The molecule has 0 aliphatic rings. The maximum atomic E-state index is 5.50. The van der Waals surface area contributed by atoms with Crippen LogP contribution >= 0.6 is 0 Å². The van der Waals surface area contributed by atoms with Crippen molar-refractivity contribution in [2.45, 2.75) is 71.4 Å². The van der Waals surface area contributed by atoms with Crippen LogP contribution in [0.25, 0.3) is 0 Å². The molecule has 1 N–H and O–H groups in total. The fourth-order valence-corrected chi connectivity index (χ4v) is 2.13. The summed E-state index contributed by atoms with van der Waals surface area (Å²) in [4.78, 5) is 4.51. The molecule has 5 nitrogen and oxygen atoms in total. The third kappa shape index (κ3) is 4.56. The lowest BCUT2D eigenvalue weighted by Gasteiger charge is -2.21. The Morgan fingerprint density at radius 2 is 2.05 bits per heavy atom. The number of ether oxygens (including phenoxy) is 1. The van der Waals surface area contributed by atoms with Gasteiger partial charge in [-0.05, 0) is 32.7 Å². The standard InChI is InChI=1S/C15H29N3O2/c1-6-9-12(16-10-7-2)11-13-17-14(18-20-13)15(4,8-3)19-5/h12,16H,6-11H2,1-5H3. The fraction of sp³-hybridized carbons (Fsp3) is 0.867. The molecule has 0 bridgehead atoms. The molecule has 0 fully saturated rings. The summed E-state index contributed by atoms with van der Waals surface area (Å²) in [7, 11) is 1.68. The van der Waals surface area contributed by atoms with Crippen molar-refractivity contribution in [1.29, 1.82) is 0 Å². The van der Waals surface area contributed by atoms with Gasteiger partial charge in [-0.2, -0.15) is 4.98 Å². The molecule has 116 valence electrons. The van der Waals surface area contributed by atoms with Crippen molar-refractivity contribution in [1.82, 2.24) is 15.5 Å². The minimum Gasteiger partial charge on any atom is -0.370 e. The number of nitrogens with zero attached hydrogens (tertiary/aromatic N) is 2. The summed E-state index contributed by atoms with van der Waals surface area (Å²) in [5, 5.41) is 7.62. The highest BCUT2D eigenvalue weighted by Gasteiger charge is 2.30. The molecule has 0 aliphatic heterocycles. The van der Waals surface area contributed by atoms with Crippen molar-refractivity contribution in [3.8, 4) is 0 Å². The average Bonchev–Trinajstić information content (AvgIpc) is 2.93. The average molecular weight is 283 g/mol. The topological polar surface area (TPSA) is 60.2 Å². The summed E-state index contributed by atoms with van der Waals surface area (Å²) >= 11 is 0. The van der Waals surface area contributed by atoms with Crippen LogP contribution in [0.2, 0.25) is 0 Å². The molecule has 0 radical (unpaired) electrons. The molecular formula is C15H29N3O2. The van der Waals surface area contributed by atoms with Gasteiger partial charge in [0.1, 0.15) is 5.60 Å². The van der Waals surface area contributed by atoms with Crippen LogP contribution in [0.3, 0.4) is 0 Å². The van der Waals surface area contributed by atoms with E-state index < -0.39 is 5.60 Å². The van der Waals surface area contributed by atoms with E-state index in [1.54, 1.807) is 7.11 Å². The highest BCUT2D eigenvalue weighted by molar-refractivity contribution is 5.00. The summed E-state index contributed by atoms with van der Waals surface area (Å²) in [6.45, 7) is 9.43. The van der Waals surface area contributed by atoms with Crippen molar-refractivity contribution < 1.29 is 9.26 Å². The number of hydrogen-bond donors (Lipinski definition) is 1. The van der Waals surface area contributed by atoms with Gasteiger partial charge in [-0.3, -0.25) is 0 Å². The van der Waals surface area contributed by atoms with Gasteiger partial charge >= 0.3 is 0 Å². The first-order valence-corrected chi connectivity index (χ1v) is 7.71. The largest absolute Gasteiger partial charge is 0.370 e. The first kappa shape index (κ1) is 17.1. The lowest BCUT2D eigenvalue weighted by molar-refractivity contribution is -0.0106. The molecule has 0 amide bonds. The molecular weight excluding hydrogens is 254 g/mol. The van der Waals surface area contributed by atoms with Gasteiger partial charge in [-0.1, -0.05) is 32.3 Å². The summed E-state index contributed by atoms with van der Waals surface area (Å²) in [6, 6.07) is 0.406. The van der Waals surface area contributed by atoms with Crippen molar-refractivity contribution >= 4 is 0 Å². The van der Waals surface area contributed by atoms with Crippen molar-refractivity contribution in [2.75, 3.05) is 13.7 Å². The van der Waals surface area contributed by atoms with Gasteiger partial charge in [-0.25, -0.2) is 0 Å². The first-order chi connectivity index (χ1) is 9.59. The van der Waals surface area contributed by atoms with Gasteiger partial charge in [-0.15, -0.1) is 0 Å². The third-order valence-corrected chi connectivity index (χ3v) is 3.81. The van der Waals surface area contributed by atoms with E-state index in [1.165, 1.54) is 0 Å². The second-order valence-electron chi connectivity index (χ2n) is 5.44. The van der Waals surface area contributed by atoms with Gasteiger partial charge in [0.05, 0.1) is 0 Å². The van der Waals surface area contributed by atoms with E-state index in [-0.39, 0.29) is 0 Å². The Balaban J connectivity index is 2.70. The molecule has 2 atom stereocenters. The number of hydrogen-bond acceptors (Lipinski definition) is 5. The SMILES string of the molecule is CCCNC(CCC)Cc1nc(C(C)(CC)OC)no1. The molecule has 5 heteroatoms. The maximum absolute atomic E-state index is 5.50. The lowest BCUT2D eigenvalue weighted by Crippen LogP contribution is -2.32. The van der Waals surface area contributed by atoms with E-state index in [1.807, 2.05) is 6.92 Å². The van der Waals surface area contributed by atoms with E-state index in [0.717, 1.165) is 38.6 Å². The van der Waals surface area contributed by atoms with Crippen LogP contribution in [0, 0.1) is 0 Å². The van der Waals surface area contributed by atoms with Gasteiger partial charge in [0, 0.05) is 19.6 Å². The summed E-state index contributed by atoms with van der Waals surface area (Å²) in [5.41, 5.74) is -0.459. The Morgan fingerprint density at radius 3 is 2.60 bits per heavy atom. The Bertz CT molecular complexity index is 375. The van der Waals surface area contributed by atoms with Crippen molar-refractivity contribution in [2.24, 2.45) is 0 Å². The molecule has 1 aromatic heterocycles. The number of nitrogens with one attached hydrogen (secondary N) is 1. The molecule has 0 aromatic carbocycles. The van der Waals surface area contributed by atoms with Gasteiger partial charge in [0.15, 0.2) is 0 Å². The Morgan fingerprint density at radius 1 is 1.30 bits per heavy atom. The Hall–Kier alpha value is -0.940. The molecule has 0 aliphatic carbocycles.